The number of amides is 1. The van der Waals surface area contributed by atoms with Crippen molar-refractivity contribution in [2.45, 2.75) is 30.4 Å². The second-order valence-electron chi connectivity index (χ2n) is 7.44. The molecule has 1 atom stereocenters. The average Bonchev–Trinajstić information content (AvgIpc) is 3.48. The van der Waals surface area contributed by atoms with Crippen LogP contribution < -0.4 is 0 Å². The first-order valence-electron chi connectivity index (χ1n) is 10.2. The Hall–Kier alpha value is -1.78. The summed E-state index contributed by atoms with van der Waals surface area (Å²) in [5, 5.41) is 1.99. The number of rotatable bonds is 7. The molecular formula is C21H26N2O5S2. The van der Waals surface area contributed by atoms with Crippen LogP contribution in [0.3, 0.4) is 0 Å². The Balaban J connectivity index is 1.57. The third kappa shape index (κ3) is 4.92. The highest BCUT2D eigenvalue weighted by Gasteiger charge is 2.28. The zero-order chi connectivity index (χ0) is 21.0. The quantitative estimate of drug-likeness (QED) is 0.648. The molecule has 30 heavy (non-hydrogen) atoms. The minimum Gasteiger partial charge on any atom is -0.379 e. The number of carbonyl (C=O) groups excluding carboxylic acids is 1. The van der Waals surface area contributed by atoms with Gasteiger partial charge in [0.05, 0.1) is 30.8 Å². The molecule has 0 radical (unpaired) electrons. The summed E-state index contributed by atoms with van der Waals surface area (Å²) in [6.45, 7) is 3.11. The van der Waals surface area contributed by atoms with E-state index in [4.69, 9.17) is 9.47 Å². The number of benzene rings is 1. The van der Waals surface area contributed by atoms with Gasteiger partial charge in [0.15, 0.2) is 0 Å². The summed E-state index contributed by atoms with van der Waals surface area (Å²) in [5.74, 6) is -0.182. The van der Waals surface area contributed by atoms with Crippen LogP contribution in [0.25, 0.3) is 0 Å². The van der Waals surface area contributed by atoms with E-state index in [0.717, 1.165) is 24.3 Å². The Morgan fingerprint density at radius 1 is 1.17 bits per heavy atom. The fraction of sp³-hybridized carbons (Fsp3) is 0.476. The summed E-state index contributed by atoms with van der Waals surface area (Å²) in [5.41, 5.74) is 0.374. The lowest BCUT2D eigenvalue weighted by Crippen LogP contribution is -2.40. The fourth-order valence-corrected chi connectivity index (χ4v) is 5.93. The normalized spacial score (nSPS) is 20.3. The van der Waals surface area contributed by atoms with Gasteiger partial charge in [-0.25, -0.2) is 8.42 Å². The van der Waals surface area contributed by atoms with Crippen LogP contribution in [0.5, 0.6) is 0 Å². The van der Waals surface area contributed by atoms with Gasteiger partial charge in [-0.15, -0.1) is 11.3 Å². The maximum atomic E-state index is 13.4. The first kappa shape index (κ1) is 21.5. The molecule has 0 unspecified atom stereocenters. The van der Waals surface area contributed by atoms with E-state index >= 15 is 0 Å². The number of morpholine rings is 1. The number of carbonyl (C=O) groups is 1. The topological polar surface area (TPSA) is 76.2 Å². The molecule has 9 heteroatoms. The molecule has 0 aliphatic carbocycles. The Labute approximate surface area is 181 Å². The van der Waals surface area contributed by atoms with Crippen LogP contribution in [-0.4, -0.2) is 69.1 Å². The van der Waals surface area contributed by atoms with Gasteiger partial charge in [-0.3, -0.25) is 4.79 Å². The molecule has 4 rings (SSSR count). The van der Waals surface area contributed by atoms with E-state index in [-0.39, 0.29) is 16.9 Å². The van der Waals surface area contributed by atoms with Gasteiger partial charge >= 0.3 is 0 Å². The fourth-order valence-electron chi connectivity index (χ4n) is 3.75. The lowest BCUT2D eigenvalue weighted by molar-refractivity contribution is 0.0509. The number of thiophene rings is 1. The minimum atomic E-state index is -3.66. The third-order valence-corrected chi connectivity index (χ3v) is 8.11. The molecule has 1 aromatic heterocycles. The first-order valence-corrected chi connectivity index (χ1v) is 12.5. The maximum absolute atomic E-state index is 13.4. The van der Waals surface area contributed by atoms with Crippen molar-refractivity contribution in [2.24, 2.45) is 0 Å². The van der Waals surface area contributed by atoms with Crippen LogP contribution in [0.2, 0.25) is 0 Å². The lowest BCUT2D eigenvalue weighted by Gasteiger charge is -2.27. The van der Waals surface area contributed by atoms with Gasteiger partial charge in [-0.05, 0) is 42.5 Å². The van der Waals surface area contributed by atoms with Crippen molar-refractivity contribution in [3.05, 3.63) is 52.2 Å². The molecule has 0 bridgehead atoms. The van der Waals surface area contributed by atoms with Gasteiger partial charge in [0, 0.05) is 36.7 Å². The van der Waals surface area contributed by atoms with Crippen molar-refractivity contribution < 1.29 is 22.7 Å². The summed E-state index contributed by atoms with van der Waals surface area (Å²) >= 11 is 1.60. The van der Waals surface area contributed by atoms with Crippen LogP contribution in [0, 0.1) is 0 Å². The standard InChI is InChI=1S/C21H26N2O5S2/c24-21(22(15-18-5-2-10-28-18)16-19-6-3-13-29-19)17-4-1-7-20(14-17)30(25,26)23-8-11-27-12-9-23/h1,3-4,6-7,13-14,18H,2,5,8-12,15-16H2/t18-/m0/s1. The number of ether oxygens (including phenoxy) is 2. The van der Waals surface area contributed by atoms with Crippen molar-refractivity contribution in [1.82, 2.24) is 9.21 Å². The Morgan fingerprint density at radius 3 is 2.70 bits per heavy atom. The van der Waals surface area contributed by atoms with Crippen LogP contribution in [-0.2, 0) is 26.0 Å². The molecule has 162 valence electrons. The molecule has 1 aromatic carbocycles. The molecule has 3 heterocycles. The summed E-state index contributed by atoms with van der Waals surface area (Å²) in [6.07, 6.45) is 1.95. The second-order valence-corrected chi connectivity index (χ2v) is 10.4. The molecule has 2 aliphatic heterocycles. The van der Waals surface area contributed by atoms with Gasteiger partial charge in [-0.1, -0.05) is 12.1 Å². The second kappa shape index (κ2) is 9.57. The van der Waals surface area contributed by atoms with Crippen molar-refractivity contribution >= 4 is 27.3 Å². The summed E-state index contributed by atoms with van der Waals surface area (Å²) in [6, 6.07) is 10.3. The van der Waals surface area contributed by atoms with Gasteiger partial charge in [-0.2, -0.15) is 4.31 Å². The first-order chi connectivity index (χ1) is 14.5. The van der Waals surface area contributed by atoms with Gasteiger partial charge in [0.25, 0.3) is 5.91 Å². The highest BCUT2D eigenvalue weighted by atomic mass is 32.2. The molecular weight excluding hydrogens is 424 g/mol. The molecule has 0 saturated carbocycles. The summed E-state index contributed by atoms with van der Waals surface area (Å²) in [7, 11) is -3.66. The maximum Gasteiger partial charge on any atom is 0.254 e. The molecule has 2 aliphatic rings. The highest BCUT2D eigenvalue weighted by molar-refractivity contribution is 7.89. The Bertz CT molecular complexity index is 950. The highest BCUT2D eigenvalue weighted by Crippen LogP contribution is 2.22. The van der Waals surface area contributed by atoms with Gasteiger partial charge < -0.3 is 14.4 Å². The van der Waals surface area contributed by atoms with Gasteiger partial charge in [0.2, 0.25) is 10.0 Å². The average molecular weight is 451 g/mol. The van der Waals surface area contributed by atoms with E-state index in [0.29, 0.717) is 45.0 Å². The van der Waals surface area contributed by atoms with Crippen LogP contribution in [0.1, 0.15) is 28.1 Å². The predicted octanol–water partition coefficient (Wildman–Crippen LogP) is 2.59. The van der Waals surface area contributed by atoms with E-state index in [1.165, 1.54) is 10.4 Å². The van der Waals surface area contributed by atoms with Crippen molar-refractivity contribution in [1.29, 1.82) is 0 Å². The zero-order valence-corrected chi connectivity index (χ0v) is 18.4. The van der Waals surface area contributed by atoms with Crippen LogP contribution in [0.15, 0.2) is 46.7 Å². The minimum absolute atomic E-state index is 0.0224. The van der Waals surface area contributed by atoms with Crippen molar-refractivity contribution in [2.75, 3.05) is 39.5 Å². The van der Waals surface area contributed by atoms with Crippen molar-refractivity contribution in [3.63, 3.8) is 0 Å². The van der Waals surface area contributed by atoms with Gasteiger partial charge in [0.1, 0.15) is 0 Å². The molecule has 2 saturated heterocycles. The van der Waals surface area contributed by atoms with Crippen LogP contribution in [0.4, 0.5) is 0 Å². The molecule has 0 spiro atoms. The molecule has 1 amide bonds. The number of hydrogen-bond acceptors (Lipinski definition) is 6. The summed E-state index contributed by atoms with van der Waals surface area (Å²) in [4.78, 5) is 16.4. The summed E-state index contributed by atoms with van der Waals surface area (Å²) < 4.78 is 38.4. The zero-order valence-electron chi connectivity index (χ0n) is 16.7. The predicted molar refractivity (Wildman–Crippen MR) is 114 cm³/mol. The third-order valence-electron chi connectivity index (χ3n) is 5.35. The molecule has 2 aromatic rings. The van der Waals surface area contributed by atoms with Crippen molar-refractivity contribution in [3.8, 4) is 0 Å². The Kier molecular flexibility index (Phi) is 6.84. The Morgan fingerprint density at radius 2 is 2.00 bits per heavy atom. The van der Waals surface area contributed by atoms with E-state index < -0.39 is 10.0 Å². The lowest BCUT2D eigenvalue weighted by atomic mass is 10.1. The molecule has 0 N–H and O–H groups in total. The van der Waals surface area contributed by atoms with Crippen LogP contribution >= 0.6 is 11.3 Å². The number of nitrogens with zero attached hydrogens (tertiary/aromatic N) is 2. The number of sulfonamides is 1. The number of hydrogen-bond donors (Lipinski definition) is 0. The molecule has 2 fully saturated rings. The van der Waals surface area contributed by atoms with E-state index in [2.05, 4.69) is 0 Å². The van der Waals surface area contributed by atoms with E-state index in [1.54, 1.807) is 34.4 Å². The smallest absolute Gasteiger partial charge is 0.254 e. The largest absolute Gasteiger partial charge is 0.379 e. The van der Waals surface area contributed by atoms with E-state index in [9.17, 15) is 13.2 Å². The van der Waals surface area contributed by atoms with E-state index in [1.807, 2.05) is 17.5 Å². The molecule has 7 nitrogen and oxygen atoms in total. The monoisotopic (exact) mass is 450 g/mol. The SMILES string of the molecule is O=C(c1cccc(S(=O)(=O)N2CCOCC2)c1)N(Cc1cccs1)C[C@@H]1CCCO1.